The molecule has 6 heteroatoms. The second-order valence-electron chi connectivity index (χ2n) is 3.94. The van der Waals surface area contributed by atoms with Crippen molar-refractivity contribution >= 4 is 21.9 Å². The van der Waals surface area contributed by atoms with Crippen molar-refractivity contribution in [3.63, 3.8) is 0 Å². The molecule has 0 amide bonds. The summed E-state index contributed by atoms with van der Waals surface area (Å²) in [5.74, 6) is 0.286. The lowest BCUT2D eigenvalue weighted by Gasteiger charge is -2.11. The summed E-state index contributed by atoms with van der Waals surface area (Å²) >= 11 is 3.29. The molecule has 1 atom stereocenters. The van der Waals surface area contributed by atoms with Gasteiger partial charge in [0.1, 0.15) is 5.82 Å². The summed E-state index contributed by atoms with van der Waals surface area (Å²) in [5.41, 5.74) is 6.37. The van der Waals surface area contributed by atoms with Crippen LogP contribution in [0.3, 0.4) is 0 Å². The molecule has 1 heterocycles. The van der Waals surface area contributed by atoms with Crippen LogP contribution in [0.15, 0.2) is 10.7 Å². The summed E-state index contributed by atoms with van der Waals surface area (Å²) in [6.45, 7) is 0. The van der Waals surface area contributed by atoms with Crippen LogP contribution in [-0.2, 0) is 4.79 Å². The highest BCUT2D eigenvalue weighted by atomic mass is 79.9. The summed E-state index contributed by atoms with van der Waals surface area (Å²) in [4.78, 5) is 19.1. The molecule has 1 aliphatic carbocycles. The lowest BCUT2D eigenvalue weighted by molar-refractivity contribution is -0.137. The Morgan fingerprint density at radius 2 is 2.38 bits per heavy atom. The van der Waals surface area contributed by atoms with E-state index in [1.165, 1.54) is 0 Å². The number of nitrogens with two attached hydrogens (primary N) is 1. The van der Waals surface area contributed by atoms with Gasteiger partial charge in [-0.2, -0.15) is 0 Å². The molecule has 0 bridgehead atoms. The smallest absolute Gasteiger partial charge is 0.305 e. The molecule has 86 valence electrons. The van der Waals surface area contributed by atoms with E-state index >= 15 is 0 Å². The standard InChI is InChI=1S/C10H12BrN3O2/c11-6-4-13-10(5-1-2-5)14-9(6)7(12)3-8(15)16/h4-5,7H,1-3,12H2,(H,15,16). The molecular weight excluding hydrogens is 274 g/mol. The molecule has 0 aliphatic heterocycles. The maximum Gasteiger partial charge on any atom is 0.305 e. The fourth-order valence-electron chi connectivity index (χ4n) is 1.48. The minimum atomic E-state index is -0.925. The van der Waals surface area contributed by atoms with Gasteiger partial charge in [-0.15, -0.1) is 0 Å². The summed E-state index contributed by atoms with van der Waals surface area (Å²) in [5, 5.41) is 8.69. The van der Waals surface area contributed by atoms with Gasteiger partial charge in [-0.3, -0.25) is 4.79 Å². The predicted octanol–water partition coefficient (Wildman–Crippen LogP) is 1.59. The normalized spacial score (nSPS) is 17.1. The van der Waals surface area contributed by atoms with Crippen molar-refractivity contribution in [2.45, 2.75) is 31.2 Å². The van der Waals surface area contributed by atoms with E-state index in [-0.39, 0.29) is 6.42 Å². The topological polar surface area (TPSA) is 89.1 Å². The van der Waals surface area contributed by atoms with Gasteiger partial charge in [0.05, 0.1) is 22.6 Å². The SMILES string of the molecule is NC(CC(=O)O)c1nc(C2CC2)ncc1Br. The van der Waals surface area contributed by atoms with Gasteiger partial charge in [0.2, 0.25) is 0 Å². The second-order valence-corrected chi connectivity index (χ2v) is 4.79. The van der Waals surface area contributed by atoms with E-state index in [0.29, 0.717) is 16.1 Å². The predicted molar refractivity (Wildman–Crippen MR) is 60.9 cm³/mol. The molecule has 0 radical (unpaired) electrons. The van der Waals surface area contributed by atoms with Crippen LogP contribution in [0.25, 0.3) is 0 Å². The van der Waals surface area contributed by atoms with Gasteiger partial charge in [0.25, 0.3) is 0 Å². The Labute approximate surface area is 101 Å². The number of aromatic nitrogens is 2. The van der Waals surface area contributed by atoms with Gasteiger partial charge >= 0.3 is 5.97 Å². The number of carboxylic acids is 1. The average Bonchev–Trinajstić information content (AvgIpc) is 3.00. The maximum atomic E-state index is 10.6. The van der Waals surface area contributed by atoms with Gasteiger partial charge in [-0.05, 0) is 28.8 Å². The fraction of sp³-hybridized carbons (Fsp3) is 0.500. The van der Waals surface area contributed by atoms with E-state index in [4.69, 9.17) is 10.8 Å². The van der Waals surface area contributed by atoms with Crippen molar-refractivity contribution in [3.05, 3.63) is 22.2 Å². The Hall–Kier alpha value is -1.01. The fourth-order valence-corrected chi connectivity index (χ4v) is 1.96. The Kier molecular flexibility index (Phi) is 3.20. The zero-order valence-electron chi connectivity index (χ0n) is 8.56. The molecule has 1 aromatic rings. The minimum absolute atomic E-state index is 0.125. The Bertz CT molecular complexity index is 421. The first-order valence-corrected chi connectivity index (χ1v) is 5.87. The molecule has 1 saturated carbocycles. The summed E-state index contributed by atoms with van der Waals surface area (Å²) in [6.07, 6.45) is 3.74. The lowest BCUT2D eigenvalue weighted by Crippen LogP contribution is -2.18. The highest BCUT2D eigenvalue weighted by Gasteiger charge is 2.28. The quantitative estimate of drug-likeness (QED) is 0.877. The molecule has 16 heavy (non-hydrogen) atoms. The zero-order valence-corrected chi connectivity index (χ0v) is 10.1. The Balaban J connectivity index is 2.23. The third kappa shape index (κ3) is 2.56. The van der Waals surface area contributed by atoms with E-state index in [0.717, 1.165) is 18.7 Å². The molecule has 1 fully saturated rings. The van der Waals surface area contributed by atoms with Crippen LogP contribution in [0.5, 0.6) is 0 Å². The van der Waals surface area contributed by atoms with Crippen molar-refractivity contribution in [3.8, 4) is 0 Å². The first kappa shape index (κ1) is 11.5. The van der Waals surface area contributed by atoms with E-state index in [9.17, 15) is 4.79 Å². The van der Waals surface area contributed by atoms with Crippen molar-refractivity contribution in [1.29, 1.82) is 0 Å². The molecule has 1 unspecified atom stereocenters. The summed E-state index contributed by atoms with van der Waals surface area (Å²) in [6, 6.07) is -0.590. The molecule has 2 rings (SSSR count). The van der Waals surface area contributed by atoms with Crippen LogP contribution >= 0.6 is 15.9 Å². The van der Waals surface area contributed by atoms with Crippen LogP contribution in [0.4, 0.5) is 0 Å². The molecule has 1 aromatic heterocycles. The van der Waals surface area contributed by atoms with E-state index in [1.807, 2.05) is 0 Å². The first-order chi connectivity index (χ1) is 7.58. The second kappa shape index (κ2) is 4.47. The van der Waals surface area contributed by atoms with E-state index in [2.05, 4.69) is 25.9 Å². The highest BCUT2D eigenvalue weighted by Crippen LogP contribution is 2.38. The first-order valence-electron chi connectivity index (χ1n) is 5.07. The van der Waals surface area contributed by atoms with Gasteiger partial charge in [-0.25, -0.2) is 9.97 Å². The third-order valence-electron chi connectivity index (χ3n) is 2.48. The third-order valence-corrected chi connectivity index (χ3v) is 3.09. The van der Waals surface area contributed by atoms with Crippen molar-refractivity contribution in [1.82, 2.24) is 9.97 Å². The van der Waals surface area contributed by atoms with Crippen LogP contribution in [0.1, 0.15) is 42.7 Å². The maximum absolute atomic E-state index is 10.6. The molecule has 0 spiro atoms. The van der Waals surface area contributed by atoms with Crippen molar-refractivity contribution < 1.29 is 9.90 Å². The van der Waals surface area contributed by atoms with E-state index < -0.39 is 12.0 Å². The monoisotopic (exact) mass is 285 g/mol. The molecule has 5 nitrogen and oxygen atoms in total. The number of aliphatic carboxylic acids is 1. The molecular formula is C10H12BrN3O2. The van der Waals surface area contributed by atoms with Gasteiger partial charge in [0, 0.05) is 12.1 Å². The lowest BCUT2D eigenvalue weighted by atomic mass is 10.1. The van der Waals surface area contributed by atoms with Gasteiger partial charge in [0.15, 0.2) is 0 Å². The summed E-state index contributed by atoms with van der Waals surface area (Å²) < 4.78 is 0.672. The van der Waals surface area contributed by atoms with Crippen LogP contribution in [0, 0.1) is 0 Å². The zero-order chi connectivity index (χ0) is 11.7. The van der Waals surface area contributed by atoms with E-state index in [1.54, 1.807) is 6.20 Å². The number of hydrogen-bond donors (Lipinski definition) is 2. The average molecular weight is 286 g/mol. The van der Waals surface area contributed by atoms with Crippen LogP contribution < -0.4 is 5.73 Å². The number of rotatable bonds is 4. The Morgan fingerprint density at radius 3 is 2.94 bits per heavy atom. The number of hydrogen-bond acceptors (Lipinski definition) is 4. The van der Waals surface area contributed by atoms with Crippen LogP contribution in [0.2, 0.25) is 0 Å². The van der Waals surface area contributed by atoms with Gasteiger partial charge < -0.3 is 10.8 Å². The largest absolute Gasteiger partial charge is 0.481 e. The van der Waals surface area contributed by atoms with Gasteiger partial charge in [-0.1, -0.05) is 0 Å². The molecule has 3 N–H and O–H groups in total. The van der Waals surface area contributed by atoms with Crippen molar-refractivity contribution in [2.24, 2.45) is 5.73 Å². The van der Waals surface area contributed by atoms with Crippen LogP contribution in [-0.4, -0.2) is 21.0 Å². The Morgan fingerprint density at radius 1 is 1.69 bits per heavy atom. The molecule has 0 saturated heterocycles. The number of nitrogens with zero attached hydrogens (tertiary/aromatic N) is 2. The summed E-state index contributed by atoms with van der Waals surface area (Å²) in [7, 11) is 0. The minimum Gasteiger partial charge on any atom is -0.481 e. The molecule has 1 aliphatic rings. The van der Waals surface area contributed by atoms with Crippen molar-refractivity contribution in [2.75, 3.05) is 0 Å². The number of carboxylic acid groups (broad SMARTS) is 1. The molecule has 0 aromatic carbocycles. The number of halogens is 1. The highest BCUT2D eigenvalue weighted by molar-refractivity contribution is 9.10. The number of carbonyl (C=O) groups is 1.